The van der Waals surface area contributed by atoms with Gasteiger partial charge < -0.3 is 36.0 Å². The smallest absolute Gasteiger partial charge is 0.326 e. The first kappa shape index (κ1) is 43.4. The largest absolute Gasteiger partial charge is 0.481 e. The van der Waals surface area contributed by atoms with Crippen molar-refractivity contribution in [3.8, 4) is 0 Å². The van der Waals surface area contributed by atoms with Crippen molar-refractivity contribution in [1.29, 1.82) is 0 Å². The Hall–Kier alpha value is -6.31. The number of nitrogens with one attached hydrogen (secondary N) is 2. The van der Waals surface area contributed by atoms with Crippen LogP contribution in [0.15, 0.2) is 96.8 Å². The summed E-state index contributed by atoms with van der Waals surface area (Å²) in [6.45, 7) is 9.47. The van der Waals surface area contributed by atoms with Gasteiger partial charge in [-0.1, -0.05) is 80.6 Å². The molecule has 14 nitrogen and oxygen atoms in total. The van der Waals surface area contributed by atoms with Crippen LogP contribution in [0.5, 0.6) is 0 Å². The number of carbonyl (C=O) groups excluding carboxylic acids is 2. The maximum Gasteiger partial charge on any atom is 0.326 e. The van der Waals surface area contributed by atoms with Crippen molar-refractivity contribution in [3.63, 3.8) is 0 Å². The zero-order chi connectivity index (χ0) is 41.9. The average molecular weight is 784 g/mol. The van der Waals surface area contributed by atoms with Gasteiger partial charge in [0.1, 0.15) is 18.6 Å². The fourth-order valence-corrected chi connectivity index (χ4v) is 7.33. The molecule has 0 aliphatic carbocycles. The Morgan fingerprint density at radius 2 is 1.21 bits per heavy atom. The summed E-state index contributed by atoms with van der Waals surface area (Å²) in [4.78, 5) is 72.0. The van der Waals surface area contributed by atoms with Crippen molar-refractivity contribution in [2.45, 2.75) is 89.1 Å². The first-order chi connectivity index (χ1) is 26.9. The molecule has 0 radical (unpaired) electrons. The third kappa shape index (κ3) is 10.9. The van der Waals surface area contributed by atoms with Crippen LogP contribution >= 0.6 is 0 Å². The zero-order valence-corrected chi connectivity index (χ0v) is 32.6. The van der Waals surface area contributed by atoms with Gasteiger partial charge in [0.15, 0.2) is 5.71 Å². The summed E-state index contributed by atoms with van der Waals surface area (Å²) < 4.78 is 2.15. The highest BCUT2D eigenvalue weighted by molar-refractivity contribution is 6.03. The van der Waals surface area contributed by atoms with E-state index >= 15 is 0 Å². The molecule has 0 bridgehead atoms. The predicted octanol–water partition coefficient (Wildman–Crippen LogP) is 5.06. The van der Waals surface area contributed by atoms with Crippen LogP contribution in [-0.2, 0) is 39.6 Å². The second-order valence-corrected chi connectivity index (χ2v) is 15.0. The fourth-order valence-electron chi connectivity index (χ4n) is 7.33. The van der Waals surface area contributed by atoms with Gasteiger partial charge in [0, 0.05) is 60.3 Å². The van der Waals surface area contributed by atoms with Crippen LogP contribution in [0.1, 0.15) is 77.3 Å². The van der Waals surface area contributed by atoms with Crippen molar-refractivity contribution in [2.75, 3.05) is 18.0 Å². The number of amides is 2. The van der Waals surface area contributed by atoms with Crippen LogP contribution in [0.3, 0.4) is 0 Å². The van der Waals surface area contributed by atoms with E-state index in [1.165, 1.54) is 0 Å². The van der Waals surface area contributed by atoms with E-state index in [2.05, 4.69) is 59.9 Å². The highest BCUT2D eigenvalue weighted by Crippen LogP contribution is 2.47. The second kappa shape index (κ2) is 19.0. The van der Waals surface area contributed by atoms with E-state index in [0.717, 1.165) is 33.9 Å². The number of para-hydroxylation sites is 2. The minimum absolute atomic E-state index is 0.0240. The first-order valence-electron chi connectivity index (χ1n) is 18.8. The number of aliphatic carboxylic acids is 4. The van der Waals surface area contributed by atoms with E-state index < -0.39 is 60.6 Å². The number of nitrogens with zero attached hydrogens (tertiary/aromatic N) is 2. The first-order valence-corrected chi connectivity index (χ1v) is 18.8. The lowest BCUT2D eigenvalue weighted by Crippen LogP contribution is -2.42. The summed E-state index contributed by atoms with van der Waals surface area (Å²) in [5.74, 6) is -6.49. The van der Waals surface area contributed by atoms with Gasteiger partial charge in [0.2, 0.25) is 17.5 Å². The molecule has 2 amide bonds. The molecular weight excluding hydrogens is 732 g/mol. The van der Waals surface area contributed by atoms with Crippen LogP contribution in [0.25, 0.3) is 0 Å². The summed E-state index contributed by atoms with van der Waals surface area (Å²) in [6.07, 6.45) is 13.2. The number of rotatable bonds is 20. The lowest BCUT2D eigenvalue weighted by atomic mass is 9.81. The highest BCUT2D eigenvalue weighted by atomic mass is 16.4. The Labute approximate surface area is 331 Å². The molecule has 2 heterocycles. The summed E-state index contributed by atoms with van der Waals surface area (Å²) >= 11 is 0. The van der Waals surface area contributed by atoms with Crippen molar-refractivity contribution >= 4 is 52.8 Å². The third-order valence-corrected chi connectivity index (χ3v) is 10.1. The maximum absolute atomic E-state index is 12.5. The van der Waals surface area contributed by atoms with Crippen LogP contribution in [-0.4, -0.2) is 91.6 Å². The zero-order valence-electron chi connectivity index (χ0n) is 32.6. The van der Waals surface area contributed by atoms with E-state index in [-0.39, 0.29) is 23.7 Å². The van der Waals surface area contributed by atoms with Gasteiger partial charge in [0.25, 0.3) is 0 Å². The van der Waals surface area contributed by atoms with E-state index in [1.54, 1.807) is 0 Å². The number of benzene rings is 2. The number of carboxylic acids is 4. The Morgan fingerprint density at radius 3 is 1.81 bits per heavy atom. The fraction of sp³-hybridized carbons (Fsp3) is 0.372. The van der Waals surface area contributed by atoms with Crippen molar-refractivity contribution in [1.82, 2.24) is 10.6 Å². The molecule has 2 aromatic rings. The van der Waals surface area contributed by atoms with Gasteiger partial charge in [-0.2, -0.15) is 4.58 Å². The Morgan fingerprint density at radius 1 is 0.684 bits per heavy atom. The molecule has 0 aromatic heterocycles. The molecule has 0 fully saturated rings. The summed E-state index contributed by atoms with van der Waals surface area (Å²) in [6, 6.07) is 13.1. The molecule has 302 valence electrons. The number of carboxylic acid groups (broad SMARTS) is 4. The monoisotopic (exact) mass is 783 g/mol. The van der Waals surface area contributed by atoms with Gasteiger partial charge in [0.05, 0.1) is 18.3 Å². The van der Waals surface area contributed by atoms with Crippen LogP contribution in [0.2, 0.25) is 0 Å². The van der Waals surface area contributed by atoms with E-state index in [1.807, 2.05) is 78.9 Å². The summed E-state index contributed by atoms with van der Waals surface area (Å²) in [5.41, 5.74) is 5.63. The maximum atomic E-state index is 12.5. The molecule has 2 aliphatic rings. The summed E-state index contributed by atoms with van der Waals surface area (Å²) in [5, 5.41) is 41.1. The molecule has 2 aromatic carbocycles. The molecule has 2 unspecified atom stereocenters. The molecule has 57 heavy (non-hydrogen) atoms. The molecule has 0 saturated carbocycles. The van der Waals surface area contributed by atoms with Crippen molar-refractivity contribution in [3.05, 3.63) is 108 Å². The van der Waals surface area contributed by atoms with E-state index in [4.69, 9.17) is 10.2 Å². The molecule has 2 aliphatic heterocycles. The average Bonchev–Trinajstić information content (AvgIpc) is 3.48. The molecular formula is C43H51N4O10+. The molecule has 0 saturated heterocycles. The van der Waals surface area contributed by atoms with Crippen molar-refractivity contribution in [2.24, 2.45) is 0 Å². The third-order valence-electron chi connectivity index (χ3n) is 10.1. The quantitative estimate of drug-likeness (QED) is 0.0771. The van der Waals surface area contributed by atoms with Gasteiger partial charge in [-0.15, -0.1) is 0 Å². The Balaban J connectivity index is 1.45. The van der Waals surface area contributed by atoms with E-state index in [9.17, 15) is 39.0 Å². The summed E-state index contributed by atoms with van der Waals surface area (Å²) in [7, 11) is 0. The standard InChI is InChI=1S/C43H50N4O10/c1-42(2)28-16-10-12-18-32(28)46(24-14-22-36(48)44-30(40(54)55)26-38(50)51)34(42)20-8-6-5-7-9-21-35-43(3,4)29-17-11-13-19-33(29)47(35)25-15-23-37(49)45-31(41(56)57)27-39(52)53/h5-13,16-21,30-31H,14-15,22-27H2,1-4H3,(H5-,44,45,48,49,50,51,52,53,54,55,56,57)/p+1. The topological polar surface area (TPSA) is 214 Å². The second-order valence-electron chi connectivity index (χ2n) is 15.0. The number of allylic oxidation sites excluding steroid dienone is 8. The minimum Gasteiger partial charge on any atom is -0.481 e. The minimum atomic E-state index is -1.50. The lowest BCUT2D eigenvalue weighted by molar-refractivity contribution is -0.438. The number of hydrogen-bond donors (Lipinski definition) is 6. The number of fused-ring (bicyclic) bond motifs is 2. The SMILES string of the molecule is CC1(C)C(/C=C/C=C/C=C/C=C2/N(CCCC(=O)NC(CC(=O)O)C(=O)O)c3ccccc3C2(C)C)=[N+](CCCC(=O)NC(CC(=O)O)C(=O)O)c2ccccc21. The van der Waals surface area contributed by atoms with Crippen LogP contribution in [0, 0.1) is 0 Å². The molecule has 14 heteroatoms. The number of anilines is 1. The van der Waals surface area contributed by atoms with Gasteiger partial charge in [-0.05, 0) is 38.0 Å². The Kier molecular flexibility index (Phi) is 14.5. The molecule has 0 spiro atoms. The number of carbonyl (C=O) groups is 6. The highest BCUT2D eigenvalue weighted by Gasteiger charge is 2.44. The normalized spacial score (nSPS) is 17.2. The van der Waals surface area contributed by atoms with Crippen molar-refractivity contribution < 1.29 is 53.8 Å². The predicted molar refractivity (Wildman–Crippen MR) is 214 cm³/mol. The molecule has 6 N–H and O–H groups in total. The Bertz CT molecular complexity index is 2040. The van der Waals surface area contributed by atoms with E-state index in [0.29, 0.717) is 25.9 Å². The van der Waals surface area contributed by atoms with Gasteiger partial charge in [-0.3, -0.25) is 19.2 Å². The van der Waals surface area contributed by atoms with Gasteiger partial charge >= 0.3 is 23.9 Å². The number of hydrogen-bond acceptors (Lipinski definition) is 7. The van der Waals surface area contributed by atoms with Gasteiger partial charge in [-0.25, -0.2) is 9.59 Å². The lowest BCUT2D eigenvalue weighted by Gasteiger charge is -2.27. The van der Waals surface area contributed by atoms with Crippen LogP contribution in [0.4, 0.5) is 11.4 Å². The van der Waals surface area contributed by atoms with Crippen LogP contribution < -0.4 is 15.5 Å². The molecule has 2 atom stereocenters. The molecule has 4 rings (SSSR count).